The highest BCUT2D eigenvalue weighted by molar-refractivity contribution is 7.99. The van der Waals surface area contributed by atoms with Crippen molar-refractivity contribution in [3.8, 4) is 0 Å². The molecule has 1 heterocycles. The van der Waals surface area contributed by atoms with Crippen LogP contribution < -0.4 is 5.32 Å². The molecule has 1 saturated heterocycles. The van der Waals surface area contributed by atoms with Crippen molar-refractivity contribution in [2.24, 2.45) is 0 Å². The Morgan fingerprint density at radius 3 is 3.00 bits per heavy atom. The molecule has 1 unspecified atom stereocenters. The Balaban J connectivity index is 2.04. The third kappa shape index (κ3) is 5.23. The zero-order valence-electron chi connectivity index (χ0n) is 9.59. The molecule has 0 radical (unpaired) electrons. The maximum absolute atomic E-state index is 3.55. The van der Waals surface area contributed by atoms with Gasteiger partial charge in [-0.05, 0) is 32.1 Å². The standard InChI is InChI=1S/C11H24N2S/c1-3-11(2)12-5-7-13-6-4-9-14-10-8-13/h11-12H,3-10H2,1-2H3. The van der Waals surface area contributed by atoms with E-state index in [0.29, 0.717) is 6.04 Å². The summed E-state index contributed by atoms with van der Waals surface area (Å²) in [4.78, 5) is 2.59. The van der Waals surface area contributed by atoms with E-state index in [1.54, 1.807) is 0 Å². The minimum Gasteiger partial charge on any atom is -0.313 e. The van der Waals surface area contributed by atoms with Crippen LogP contribution in [0, 0.1) is 0 Å². The molecule has 0 spiro atoms. The molecule has 0 bridgehead atoms. The monoisotopic (exact) mass is 216 g/mol. The first-order valence-corrected chi connectivity index (χ1v) is 7.02. The first kappa shape index (κ1) is 12.3. The van der Waals surface area contributed by atoms with Crippen LogP contribution in [0.5, 0.6) is 0 Å². The maximum atomic E-state index is 3.55. The third-order valence-corrected chi connectivity index (χ3v) is 3.90. The summed E-state index contributed by atoms with van der Waals surface area (Å²) in [7, 11) is 0. The van der Waals surface area contributed by atoms with Crippen molar-refractivity contribution in [1.29, 1.82) is 0 Å². The van der Waals surface area contributed by atoms with Gasteiger partial charge in [0.1, 0.15) is 0 Å². The van der Waals surface area contributed by atoms with Crippen LogP contribution >= 0.6 is 11.8 Å². The van der Waals surface area contributed by atoms with Crippen LogP contribution in [0.2, 0.25) is 0 Å². The van der Waals surface area contributed by atoms with E-state index in [1.807, 2.05) is 0 Å². The number of hydrogen-bond donors (Lipinski definition) is 1. The molecule has 1 aliphatic rings. The zero-order valence-corrected chi connectivity index (χ0v) is 10.4. The highest BCUT2D eigenvalue weighted by atomic mass is 32.2. The fourth-order valence-electron chi connectivity index (χ4n) is 1.63. The molecule has 0 amide bonds. The summed E-state index contributed by atoms with van der Waals surface area (Å²) in [5, 5.41) is 3.55. The van der Waals surface area contributed by atoms with Crippen LogP contribution in [-0.4, -0.2) is 48.6 Å². The molecule has 0 aromatic rings. The molecule has 1 rings (SSSR count). The predicted molar refractivity (Wildman–Crippen MR) is 66.1 cm³/mol. The van der Waals surface area contributed by atoms with Crippen molar-refractivity contribution in [1.82, 2.24) is 10.2 Å². The quantitative estimate of drug-likeness (QED) is 0.754. The summed E-state index contributed by atoms with van der Waals surface area (Å²) in [6.45, 7) is 9.46. The minimum absolute atomic E-state index is 0.677. The third-order valence-electron chi connectivity index (χ3n) is 2.85. The lowest BCUT2D eigenvalue weighted by molar-refractivity contribution is 0.289. The van der Waals surface area contributed by atoms with Crippen molar-refractivity contribution in [3.05, 3.63) is 0 Å². The molecule has 0 aliphatic carbocycles. The van der Waals surface area contributed by atoms with E-state index in [-0.39, 0.29) is 0 Å². The van der Waals surface area contributed by atoms with Gasteiger partial charge in [-0.3, -0.25) is 0 Å². The SMILES string of the molecule is CCC(C)NCCN1CCCSCC1. The van der Waals surface area contributed by atoms with Crippen molar-refractivity contribution in [2.45, 2.75) is 32.7 Å². The highest BCUT2D eigenvalue weighted by Gasteiger charge is 2.08. The summed E-state index contributed by atoms with van der Waals surface area (Å²) < 4.78 is 0. The summed E-state index contributed by atoms with van der Waals surface area (Å²) in [5.74, 6) is 2.68. The molecule has 14 heavy (non-hydrogen) atoms. The van der Waals surface area contributed by atoms with Crippen LogP contribution in [0.4, 0.5) is 0 Å². The van der Waals surface area contributed by atoms with E-state index in [9.17, 15) is 0 Å². The number of rotatable bonds is 5. The molecular weight excluding hydrogens is 192 g/mol. The molecule has 1 aliphatic heterocycles. The normalized spacial score (nSPS) is 21.9. The van der Waals surface area contributed by atoms with Crippen molar-refractivity contribution in [3.63, 3.8) is 0 Å². The second kappa shape index (κ2) is 7.55. The van der Waals surface area contributed by atoms with Crippen molar-refractivity contribution < 1.29 is 0 Å². The van der Waals surface area contributed by atoms with E-state index in [4.69, 9.17) is 0 Å². The summed E-state index contributed by atoms with van der Waals surface area (Å²) >= 11 is 2.10. The molecule has 0 aromatic carbocycles. The Morgan fingerprint density at radius 1 is 1.36 bits per heavy atom. The van der Waals surface area contributed by atoms with Crippen molar-refractivity contribution in [2.75, 3.05) is 37.7 Å². The van der Waals surface area contributed by atoms with Gasteiger partial charge in [-0.1, -0.05) is 6.92 Å². The molecule has 2 nitrogen and oxygen atoms in total. The van der Waals surface area contributed by atoms with Gasteiger partial charge < -0.3 is 10.2 Å². The molecule has 84 valence electrons. The zero-order chi connectivity index (χ0) is 10.2. The van der Waals surface area contributed by atoms with Gasteiger partial charge in [0.15, 0.2) is 0 Å². The number of hydrogen-bond acceptors (Lipinski definition) is 3. The highest BCUT2D eigenvalue weighted by Crippen LogP contribution is 2.09. The first-order chi connectivity index (χ1) is 6.83. The van der Waals surface area contributed by atoms with Gasteiger partial charge in [0.05, 0.1) is 0 Å². The van der Waals surface area contributed by atoms with Crippen LogP contribution in [0.3, 0.4) is 0 Å². The number of nitrogens with one attached hydrogen (secondary N) is 1. The summed E-state index contributed by atoms with van der Waals surface area (Å²) in [6, 6.07) is 0.677. The van der Waals surface area contributed by atoms with Gasteiger partial charge in [0, 0.05) is 31.4 Å². The lowest BCUT2D eigenvalue weighted by atomic mass is 10.2. The largest absolute Gasteiger partial charge is 0.313 e. The number of nitrogens with zero attached hydrogens (tertiary/aromatic N) is 1. The summed E-state index contributed by atoms with van der Waals surface area (Å²) in [5.41, 5.74) is 0. The molecule has 1 atom stereocenters. The smallest absolute Gasteiger partial charge is 0.0107 e. The molecule has 1 fully saturated rings. The Kier molecular flexibility index (Phi) is 6.65. The molecule has 1 N–H and O–H groups in total. The molecule has 3 heteroatoms. The van der Waals surface area contributed by atoms with Gasteiger partial charge in [-0.25, -0.2) is 0 Å². The second-order valence-electron chi connectivity index (χ2n) is 4.07. The topological polar surface area (TPSA) is 15.3 Å². The lowest BCUT2D eigenvalue weighted by Gasteiger charge is -2.20. The second-order valence-corrected chi connectivity index (χ2v) is 5.30. The van der Waals surface area contributed by atoms with Crippen LogP contribution in [0.1, 0.15) is 26.7 Å². The van der Waals surface area contributed by atoms with Gasteiger partial charge in [-0.2, -0.15) is 11.8 Å². The van der Waals surface area contributed by atoms with Gasteiger partial charge >= 0.3 is 0 Å². The predicted octanol–water partition coefficient (Wildman–Crippen LogP) is 1.81. The van der Waals surface area contributed by atoms with E-state index in [2.05, 4.69) is 35.8 Å². The summed E-state index contributed by atoms with van der Waals surface area (Å²) in [6.07, 6.45) is 2.60. The van der Waals surface area contributed by atoms with E-state index < -0.39 is 0 Å². The molecule has 0 saturated carbocycles. The maximum Gasteiger partial charge on any atom is 0.0107 e. The molecular formula is C11H24N2S. The van der Waals surface area contributed by atoms with Crippen LogP contribution in [-0.2, 0) is 0 Å². The van der Waals surface area contributed by atoms with E-state index in [0.717, 1.165) is 6.54 Å². The van der Waals surface area contributed by atoms with Gasteiger partial charge in [-0.15, -0.1) is 0 Å². The van der Waals surface area contributed by atoms with Crippen molar-refractivity contribution >= 4 is 11.8 Å². The van der Waals surface area contributed by atoms with Gasteiger partial charge in [0.25, 0.3) is 0 Å². The van der Waals surface area contributed by atoms with E-state index >= 15 is 0 Å². The average Bonchev–Trinajstić information content (AvgIpc) is 2.46. The average molecular weight is 216 g/mol. The Hall–Kier alpha value is 0.270. The first-order valence-electron chi connectivity index (χ1n) is 5.86. The Bertz CT molecular complexity index is 133. The fraction of sp³-hybridized carbons (Fsp3) is 1.00. The van der Waals surface area contributed by atoms with Crippen LogP contribution in [0.15, 0.2) is 0 Å². The van der Waals surface area contributed by atoms with E-state index in [1.165, 1.54) is 44.0 Å². The number of thioether (sulfide) groups is 1. The van der Waals surface area contributed by atoms with Crippen LogP contribution in [0.25, 0.3) is 0 Å². The Morgan fingerprint density at radius 2 is 2.21 bits per heavy atom. The lowest BCUT2D eigenvalue weighted by Crippen LogP contribution is -2.36. The molecule has 0 aromatic heterocycles. The van der Waals surface area contributed by atoms with Gasteiger partial charge in [0.2, 0.25) is 0 Å². The Labute approximate surface area is 92.8 Å². The minimum atomic E-state index is 0.677. The fourth-order valence-corrected chi connectivity index (χ4v) is 2.56.